The van der Waals surface area contributed by atoms with Crippen LogP contribution in [0.5, 0.6) is 0 Å². The molecule has 0 spiro atoms. The van der Waals surface area contributed by atoms with Crippen LogP contribution in [0.25, 0.3) is 0 Å². The number of hydrogen-bond acceptors (Lipinski definition) is 5. The number of para-hydroxylation sites is 1. The number of rotatable bonds is 5. The molecule has 1 aromatic carbocycles. The molecule has 0 bridgehead atoms. The van der Waals surface area contributed by atoms with Crippen molar-refractivity contribution < 1.29 is 4.79 Å². The molecule has 2 rings (SSSR count). The van der Waals surface area contributed by atoms with E-state index in [2.05, 4.69) is 43.7 Å². The maximum atomic E-state index is 12.0. The van der Waals surface area contributed by atoms with Gasteiger partial charge in [-0.15, -0.1) is 10.2 Å². The molecule has 5 nitrogen and oxygen atoms in total. The first-order valence-corrected chi connectivity index (χ1v) is 7.45. The third-order valence-corrected chi connectivity index (χ3v) is 3.84. The predicted octanol–water partition coefficient (Wildman–Crippen LogP) is 3.37. The molecule has 2 aromatic rings. The zero-order chi connectivity index (χ0) is 13.7. The van der Waals surface area contributed by atoms with E-state index in [4.69, 9.17) is 0 Å². The number of aromatic nitrogens is 2. The van der Waals surface area contributed by atoms with Gasteiger partial charge in [0.2, 0.25) is 10.1 Å². The number of anilines is 2. The summed E-state index contributed by atoms with van der Waals surface area (Å²) in [5.41, 5.74) is 0.714. The summed E-state index contributed by atoms with van der Waals surface area (Å²) in [6.45, 7) is 2.88. The standard InChI is InChI=1S/C12H13BrN4OS/c1-2-7-14-12-17-16-11(19-12)10(18)15-9-6-4-3-5-8(9)13/h3-6H,2,7H2,1H3,(H,14,17)(H,15,18). The van der Waals surface area contributed by atoms with Crippen molar-refractivity contribution in [2.24, 2.45) is 0 Å². The Hall–Kier alpha value is -1.47. The van der Waals surface area contributed by atoms with Crippen molar-refractivity contribution >= 4 is 44.0 Å². The second kappa shape index (κ2) is 6.63. The fourth-order valence-corrected chi connectivity index (χ4v) is 2.41. The van der Waals surface area contributed by atoms with Gasteiger partial charge < -0.3 is 10.6 Å². The average molecular weight is 341 g/mol. The first-order valence-electron chi connectivity index (χ1n) is 5.84. The number of nitrogens with zero attached hydrogens (tertiary/aromatic N) is 2. The van der Waals surface area contributed by atoms with Gasteiger partial charge in [-0.25, -0.2) is 0 Å². The molecular formula is C12H13BrN4OS. The molecule has 7 heteroatoms. The summed E-state index contributed by atoms with van der Waals surface area (Å²) in [6, 6.07) is 7.43. The highest BCUT2D eigenvalue weighted by Gasteiger charge is 2.13. The third-order valence-electron chi connectivity index (χ3n) is 2.27. The van der Waals surface area contributed by atoms with Gasteiger partial charge in [0.15, 0.2) is 0 Å². The minimum Gasteiger partial charge on any atom is -0.360 e. The summed E-state index contributed by atoms with van der Waals surface area (Å²) in [5.74, 6) is -0.256. The zero-order valence-electron chi connectivity index (χ0n) is 10.3. The van der Waals surface area contributed by atoms with E-state index in [-0.39, 0.29) is 5.91 Å². The van der Waals surface area contributed by atoms with Gasteiger partial charge in [-0.2, -0.15) is 0 Å². The van der Waals surface area contributed by atoms with Crippen LogP contribution in [0.1, 0.15) is 23.1 Å². The number of amides is 1. The van der Waals surface area contributed by atoms with Crippen LogP contribution < -0.4 is 10.6 Å². The number of nitrogens with one attached hydrogen (secondary N) is 2. The molecule has 0 radical (unpaired) electrons. The number of halogens is 1. The van der Waals surface area contributed by atoms with Gasteiger partial charge in [0, 0.05) is 11.0 Å². The minimum absolute atomic E-state index is 0.256. The van der Waals surface area contributed by atoms with Crippen LogP contribution in [0.4, 0.5) is 10.8 Å². The van der Waals surface area contributed by atoms with Crippen LogP contribution in [0, 0.1) is 0 Å². The van der Waals surface area contributed by atoms with Crippen LogP contribution >= 0.6 is 27.3 Å². The van der Waals surface area contributed by atoms with Gasteiger partial charge in [0.25, 0.3) is 5.91 Å². The molecule has 0 aliphatic carbocycles. The Kier molecular flexibility index (Phi) is 4.86. The molecule has 0 aliphatic heterocycles. The van der Waals surface area contributed by atoms with E-state index in [9.17, 15) is 4.79 Å². The molecule has 1 amide bonds. The second-order valence-corrected chi connectivity index (χ2v) is 5.60. The lowest BCUT2D eigenvalue weighted by Crippen LogP contribution is -2.11. The van der Waals surface area contributed by atoms with Crippen LogP contribution in [0.15, 0.2) is 28.7 Å². The Bertz CT molecular complexity index is 572. The Labute approximate surface area is 123 Å². The van der Waals surface area contributed by atoms with Crippen LogP contribution in [-0.2, 0) is 0 Å². The van der Waals surface area contributed by atoms with Crippen molar-refractivity contribution in [3.63, 3.8) is 0 Å². The summed E-state index contributed by atoms with van der Waals surface area (Å²) in [6.07, 6.45) is 0.998. The molecule has 2 N–H and O–H groups in total. The van der Waals surface area contributed by atoms with E-state index >= 15 is 0 Å². The molecule has 1 heterocycles. The average Bonchev–Trinajstić information content (AvgIpc) is 2.88. The van der Waals surface area contributed by atoms with Gasteiger partial charge >= 0.3 is 0 Å². The van der Waals surface area contributed by atoms with Crippen molar-refractivity contribution in [2.45, 2.75) is 13.3 Å². The largest absolute Gasteiger partial charge is 0.360 e. The maximum absolute atomic E-state index is 12.0. The molecule has 0 saturated carbocycles. The second-order valence-electron chi connectivity index (χ2n) is 3.77. The van der Waals surface area contributed by atoms with Crippen molar-refractivity contribution in [2.75, 3.05) is 17.2 Å². The number of hydrogen-bond donors (Lipinski definition) is 2. The highest BCUT2D eigenvalue weighted by atomic mass is 79.9. The van der Waals surface area contributed by atoms with E-state index in [0.717, 1.165) is 17.4 Å². The summed E-state index contributed by atoms with van der Waals surface area (Å²) in [5, 5.41) is 14.7. The Morgan fingerprint density at radius 3 is 2.89 bits per heavy atom. The Morgan fingerprint density at radius 1 is 1.37 bits per heavy atom. The predicted molar refractivity (Wildman–Crippen MR) is 80.8 cm³/mol. The van der Waals surface area contributed by atoms with E-state index in [1.807, 2.05) is 24.3 Å². The molecule has 0 aliphatic rings. The highest BCUT2D eigenvalue weighted by Crippen LogP contribution is 2.23. The van der Waals surface area contributed by atoms with E-state index < -0.39 is 0 Å². The fourth-order valence-electron chi connectivity index (χ4n) is 1.36. The van der Waals surface area contributed by atoms with Crippen molar-refractivity contribution in [3.05, 3.63) is 33.7 Å². The normalized spacial score (nSPS) is 10.2. The summed E-state index contributed by atoms with van der Waals surface area (Å²) >= 11 is 4.62. The van der Waals surface area contributed by atoms with Gasteiger partial charge in [0.05, 0.1) is 5.69 Å². The summed E-state index contributed by atoms with van der Waals surface area (Å²) < 4.78 is 0.831. The topological polar surface area (TPSA) is 66.9 Å². The van der Waals surface area contributed by atoms with E-state index in [1.165, 1.54) is 11.3 Å². The zero-order valence-corrected chi connectivity index (χ0v) is 12.7. The van der Waals surface area contributed by atoms with E-state index in [0.29, 0.717) is 15.8 Å². The molecule has 0 saturated heterocycles. The van der Waals surface area contributed by atoms with Crippen LogP contribution in [0.3, 0.4) is 0 Å². The SMILES string of the molecule is CCCNc1nnc(C(=O)Nc2ccccc2Br)s1. The molecule has 0 unspecified atom stereocenters. The van der Waals surface area contributed by atoms with Gasteiger partial charge in [-0.1, -0.05) is 30.4 Å². The van der Waals surface area contributed by atoms with Gasteiger partial charge in [0.1, 0.15) is 0 Å². The molecule has 100 valence electrons. The lowest BCUT2D eigenvalue weighted by molar-refractivity contribution is 0.102. The van der Waals surface area contributed by atoms with Gasteiger partial charge in [-0.3, -0.25) is 4.79 Å². The maximum Gasteiger partial charge on any atom is 0.286 e. The van der Waals surface area contributed by atoms with E-state index in [1.54, 1.807) is 0 Å². The summed E-state index contributed by atoms with van der Waals surface area (Å²) in [7, 11) is 0. The number of carbonyl (C=O) groups excluding carboxylic acids is 1. The highest BCUT2D eigenvalue weighted by molar-refractivity contribution is 9.10. The number of benzene rings is 1. The lowest BCUT2D eigenvalue weighted by Gasteiger charge is -2.04. The number of carbonyl (C=O) groups is 1. The van der Waals surface area contributed by atoms with Crippen molar-refractivity contribution in [3.8, 4) is 0 Å². The fraction of sp³-hybridized carbons (Fsp3) is 0.250. The first kappa shape index (κ1) is 14.0. The monoisotopic (exact) mass is 340 g/mol. The van der Waals surface area contributed by atoms with Crippen LogP contribution in [0.2, 0.25) is 0 Å². The molecule has 0 atom stereocenters. The molecule has 0 fully saturated rings. The van der Waals surface area contributed by atoms with Crippen molar-refractivity contribution in [1.82, 2.24) is 10.2 Å². The molecule has 1 aromatic heterocycles. The molecular weight excluding hydrogens is 328 g/mol. The first-order chi connectivity index (χ1) is 9.20. The lowest BCUT2D eigenvalue weighted by atomic mass is 10.3. The van der Waals surface area contributed by atoms with Crippen LogP contribution in [-0.4, -0.2) is 22.6 Å². The summed E-state index contributed by atoms with van der Waals surface area (Å²) in [4.78, 5) is 12.0. The quantitative estimate of drug-likeness (QED) is 0.875. The third kappa shape index (κ3) is 3.74. The minimum atomic E-state index is -0.256. The smallest absolute Gasteiger partial charge is 0.286 e. The Balaban J connectivity index is 2.04. The van der Waals surface area contributed by atoms with Crippen molar-refractivity contribution in [1.29, 1.82) is 0 Å². The Morgan fingerprint density at radius 2 is 2.16 bits per heavy atom. The molecule has 19 heavy (non-hydrogen) atoms. The van der Waals surface area contributed by atoms with Gasteiger partial charge in [-0.05, 0) is 34.5 Å².